The van der Waals surface area contributed by atoms with Gasteiger partial charge in [-0.1, -0.05) is 23.4 Å². The molecule has 0 aliphatic rings. The Morgan fingerprint density at radius 2 is 2.11 bits per heavy atom. The summed E-state index contributed by atoms with van der Waals surface area (Å²) >= 11 is 7.12. The van der Waals surface area contributed by atoms with Crippen molar-refractivity contribution in [3.8, 4) is 23.6 Å². The van der Waals surface area contributed by atoms with Gasteiger partial charge >= 0.3 is 23.4 Å². The highest BCUT2D eigenvalue weighted by atomic mass is 35.5. The van der Waals surface area contributed by atoms with Gasteiger partial charge < -0.3 is 14.2 Å². The fourth-order valence-electron chi connectivity index (χ4n) is 1.90. The molecule has 28 heavy (non-hydrogen) atoms. The van der Waals surface area contributed by atoms with Crippen LogP contribution in [0.3, 0.4) is 0 Å². The van der Waals surface area contributed by atoms with Crippen LogP contribution in [0.25, 0.3) is 0 Å². The minimum absolute atomic E-state index is 0.00841. The Morgan fingerprint density at radius 3 is 2.71 bits per heavy atom. The van der Waals surface area contributed by atoms with E-state index in [-0.39, 0.29) is 28.1 Å². The standard InChI is InChI=1S/C16H13ClN4O6S/c1-3-25-12(22)8-26-14-13(21(23)24)15(20-16(19-14)28-2)27-11-6-9(7-18)4-5-10(11)17/h4-6H,3,8H2,1-2H3. The quantitative estimate of drug-likeness (QED) is 0.204. The summed E-state index contributed by atoms with van der Waals surface area (Å²) in [5, 5.41) is 20.8. The van der Waals surface area contributed by atoms with Crippen molar-refractivity contribution in [3.63, 3.8) is 0 Å². The highest BCUT2D eigenvalue weighted by molar-refractivity contribution is 7.98. The second kappa shape index (κ2) is 9.72. The predicted molar refractivity (Wildman–Crippen MR) is 98.8 cm³/mol. The molecule has 2 aromatic rings. The minimum Gasteiger partial charge on any atom is -0.463 e. The van der Waals surface area contributed by atoms with E-state index in [1.54, 1.807) is 13.2 Å². The van der Waals surface area contributed by atoms with Crippen LogP contribution in [0.15, 0.2) is 23.4 Å². The van der Waals surface area contributed by atoms with Gasteiger partial charge in [-0.3, -0.25) is 10.1 Å². The van der Waals surface area contributed by atoms with Gasteiger partial charge in [0.05, 0.1) is 28.2 Å². The molecule has 10 nitrogen and oxygen atoms in total. The summed E-state index contributed by atoms with van der Waals surface area (Å²) in [6.07, 6.45) is 1.64. The lowest BCUT2D eigenvalue weighted by atomic mass is 10.2. The number of thioether (sulfide) groups is 1. The third-order valence-electron chi connectivity index (χ3n) is 3.06. The van der Waals surface area contributed by atoms with Crippen LogP contribution >= 0.6 is 23.4 Å². The van der Waals surface area contributed by atoms with Gasteiger partial charge in [0.1, 0.15) is 5.75 Å². The summed E-state index contributed by atoms with van der Waals surface area (Å²) in [4.78, 5) is 30.2. The van der Waals surface area contributed by atoms with Gasteiger partial charge in [-0.05, 0) is 25.3 Å². The molecule has 146 valence electrons. The maximum atomic E-state index is 11.6. The predicted octanol–water partition coefficient (Wildman–Crippen LogP) is 3.37. The lowest BCUT2D eigenvalue weighted by Crippen LogP contribution is -2.16. The first-order chi connectivity index (χ1) is 13.4. The molecule has 0 atom stereocenters. The summed E-state index contributed by atoms with van der Waals surface area (Å²) < 4.78 is 15.4. The van der Waals surface area contributed by atoms with Crippen LogP contribution in [0.2, 0.25) is 5.02 Å². The molecule has 0 fully saturated rings. The molecule has 1 aromatic heterocycles. The molecule has 0 bridgehead atoms. The van der Waals surface area contributed by atoms with Gasteiger partial charge in [0, 0.05) is 6.07 Å². The van der Waals surface area contributed by atoms with Crippen LogP contribution < -0.4 is 9.47 Å². The van der Waals surface area contributed by atoms with E-state index in [2.05, 4.69) is 9.97 Å². The molecule has 0 saturated carbocycles. The highest BCUT2D eigenvalue weighted by Gasteiger charge is 2.29. The Bertz CT molecular complexity index is 949. The largest absolute Gasteiger partial charge is 0.463 e. The van der Waals surface area contributed by atoms with Gasteiger partial charge in [0.15, 0.2) is 11.8 Å². The van der Waals surface area contributed by atoms with E-state index in [1.807, 2.05) is 6.07 Å². The molecule has 0 aliphatic heterocycles. The molecule has 1 heterocycles. The Labute approximate surface area is 168 Å². The number of esters is 1. The molecule has 12 heteroatoms. The minimum atomic E-state index is -0.804. The third-order valence-corrected chi connectivity index (χ3v) is 3.92. The number of halogens is 1. The van der Waals surface area contributed by atoms with Gasteiger partial charge in [-0.25, -0.2) is 4.79 Å². The number of aromatic nitrogens is 2. The van der Waals surface area contributed by atoms with E-state index in [0.717, 1.165) is 11.8 Å². The Morgan fingerprint density at radius 1 is 1.39 bits per heavy atom. The zero-order valence-electron chi connectivity index (χ0n) is 14.7. The van der Waals surface area contributed by atoms with Crippen LogP contribution in [-0.2, 0) is 9.53 Å². The molecule has 1 aromatic carbocycles. The van der Waals surface area contributed by atoms with Crippen molar-refractivity contribution in [2.24, 2.45) is 0 Å². The van der Waals surface area contributed by atoms with Crippen molar-refractivity contribution in [3.05, 3.63) is 38.9 Å². The number of nitrogens with zero attached hydrogens (tertiary/aromatic N) is 4. The second-order valence-corrected chi connectivity index (χ2v) is 6.06. The van der Waals surface area contributed by atoms with Crippen LogP contribution in [0, 0.1) is 21.4 Å². The molecular weight excluding hydrogens is 412 g/mol. The molecule has 0 radical (unpaired) electrons. The number of hydrogen-bond donors (Lipinski definition) is 0. The number of nitro groups is 1. The number of ether oxygens (including phenoxy) is 3. The van der Waals surface area contributed by atoms with E-state index in [9.17, 15) is 14.9 Å². The average molecular weight is 425 g/mol. The molecule has 0 aliphatic carbocycles. The monoisotopic (exact) mass is 424 g/mol. The second-order valence-electron chi connectivity index (χ2n) is 4.88. The number of rotatable bonds is 8. The normalized spacial score (nSPS) is 10.1. The summed E-state index contributed by atoms with van der Waals surface area (Å²) in [7, 11) is 0. The summed E-state index contributed by atoms with van der Waals surface area (Å²) in [5.74, 6) is -1.63. The van der Waals surface area contributed by atoms with Gasteiger partial charge in [-0.2, -0.15) is 15.2 Å². The van der Waals surface area contributed by atoms with Gasteiger partial charge in [0.2, 0.25) is 0 Å². The van der Waals surface area contributed by atoms with E-state index in [4.69, 9.17) is 31.1 Å². The molecule has 0 N–H and O–H groups in total. The fraction of sp³-hybridized carbons (Fsp3) is 0.250. The zero-order valence-corrected chi connectivity index (χ0v) is 16.2. The van der Waals surface area contributed by atoms with Gasteiger partial charge in [-0.15, -0.1) is 0 Å². The first kappa shape index (κ1) is 21.2. The molecule has 0 unspecified atom stereocenters. The first-order valence-electron chi connectivity index (χ1n) is 7.65. The van der Waals surface area contributed by atoms with Crippen molar-refractivity contribution >= 4 is 35.0 Å². The van der Waals surface area contributed by atoms with E-state index in [1.165, 1.54) is 18.2 Å². The number of benzene rings is 1. The Kier molecular flexibility index (Phi) is 7.36. The number of hydrogen-bond acceptors (Lipinski definition) is 10. The molecule has 0 amide bonds. The number of nitriles is 1. The van der Waals surface area contributed by atoms with Crippen LogP contribution in [0.5, 0.6) is 17.5 Å². The highest BCUT2D eigenvalue weighted by Crippen LogP contribution is 2.39. The zero-order chi connectivity index (χ0) is 20.7. The lowest BCUT2D eigenvalue weighted by molar-refractivity contribution is -0.387. The maximum Gasteiger partial charge on any atom is 0.392 e. The smallest absolute Gasteiger partial charge is 0.392 e. The molecule has 2 rings (SSSR count). The summed E-state index contributed by atoms with van der Waals surface area (Å²) in [5.41, 5.74) is -0.458. The maximum absolute atomic E-state index is 11.6. The van der Waals surface area contributed by atoms with Crippen molar-refractivity contribution in [2.45, 2.75) is 12.1 Å². The topological polar surface area (TPSA) is 137 Å². The van der Waals surface area contributed by atoms with Crippen LogP contribution in [0.1, 0.15) is 12.5 Å². The number of carbonyl (C=O) groups is 1. The van der Waals surface area contributed by atoms with E-state index >= 15 is 0 Å². The summed E-state index contributed by atoms with van der Waals surface area (Å²) in [6, 6.07) is 6.10. The van der Waals surface area contributed by atoms with E-state index in [0.29, 0.717) is 0 Å². The Hall–Kier alpha value is -3.10. The summed E-state index contributed by atoms with van der Waals surface area (Å²) in [6.45, 7) is 1.16. The van der Waals surface area contributed by atoms with Crippen molar-refractivity contribution in [1.82, 2.24) is 9.97 Å². The van der Waals surface area contributed by atoms with Crippen LogP contribution in [-0.4, -0.2) is 40.3 Å². The molecular formula is C16H13ClN4O6S. The third kappa shape index (κ3) is 5.21. The fourth-order valence-corrected chi connectivity index (χ4v) is 2.41. The molecule has 0 spiro atoms. The molecule has 0 saturated heterocycles. The van der Waals surface area contributed by atoms with Crippen LogP contribution in [0.4, 0.5) is 5.69 Å². The van der Waals surface area contributed by atoms with Crippen molar-refractivity contribution in [2.75, 3.05) is 19.5 Å². The van der Waals surface area contributed by atoms with Crippen molar-refractivity contribution in [1.29, 1.82) is 5.26 Å². The Balaban J connectivity index is 2.48. The number of carbonyl (C=O) groups excluding carboxylic acids is 1. The van der Waals surface area contributed by atoms with Crippen molar-refractivity contribution < 1.29 is 23.9 Å². The average Bonchev–Trinajstić information content (AvgIpc) is 2.67. The first-order valence-corrected chi connectivity index (χ1v) is 9.26. The SMILES string of the molecule is CCOC(=O)COc1nc(SC)nc(Oc2cc(C#N)ccc2Cl)c1[N+](=O)[O-]. The lowest BCUT2D eigenvalue weighted by Gasteiger charge is -2.11. The van der Waals surface area contributed by atoms with Gasteiger partial charge in [0.25, 0.3) is 0 Å². The van der Waals surface area contributed by atoms with E-state index < -0.39 is 34.9 Å².